The van der Waals surface area contributed by atoms with E-state index in [1.807, 2.05) is 13.0 Å². The molecule has 0 saturated carbocycles. The van der Waals surface area contributed by atoms with Gasteiger partial charge >= 0.3 is 0 Å². The van der Waals surface area contributed by atoms with Gasteiger partial charge in [-0.3, -0.25) is 0 Å². The van der Waals surface area contributed by atoms with E-state index in [1.54, 1.807) is 6.20 Å². The van der Waals surface area contributed by atoms with E-state index >= 15 is 0 Å². The summed E-state index contributed by atoms with van der Waals surface area (Å²) in [6.07, 6.45) is 5.61. The van der Waals surface area contributed by atoms with E-state index in [0.717, 1.165) is 32.1 Å². The molecule has 5 nitrogen and oxygen atoms in total. The SMILES string of the molecule is CCOc1ccnc(N2CCC[C@]3(CCNC3)C2)n1. The number of ether oxygens (including phenoxy) is 1. The van der Waals surface area contributed by atoms with Crippen LogP contribution in [-0.2, 0) is 0 Å². The highest BCUT2D eigenvalue weighted by Crippen LogP contribution is 2.36. The number of nitrogens with zero attached hydrogens (tertiary/aromatic N) is 3. The van der Waals surface area contributed by atoms with Crippen LogP contribution in [0.5, 0.6) is 5.88 Å². The first-order valence-corrected chi connectivity index (χ1v) is 7.23. The lowest BCUT2D eigenvalue weighted by Gasteiger charge is -2.40. The van der Waals surface area contributed by atoms with Crippen LogP contribution in [0, 0.1) is 5.41 Å². The number of anilines is 1. The molecule has 0 bridgehead atoms. The molecule has 5 heteroatoms. The molecule has 104 valence electrons. The molecule has 0 unspecified atom stereocenters. The van der Waals surface area contributed by atoms with Crippen LogP contribution in [0.1, 0.15) is 26.2 Å². The average molecular weight is 262 g/mol. The van der Waals surface area contributed by atoms with Crippen LogP contribution in [0.4, 0.5) is 5.95 Å². The lowest BCUT2D eigenvalue weighted by molar-refractivity contribution is 0.258. The van der Waals surface area contributed by atoms with Crippen LogP contribution in [-0.4, -0.2) is 42.8 Å². The maximum atomic E-state index is 5.46. The molecule has 1 aromatic heterocycles. The molecule has 2 aliphatic rings. The van der Waals surface area contributed by atoms with Crippen molar-refractivity contribution in [3.63, 3.8) is 0 Å². The second-order valence-electron chi connectivity index (χ2n) is 5.58. The predicted molar refractivity (Wildman–Crippen MR) is 74.6 cm³/mol. The molecule has 1 spiro atoms. The molecule has 3 rings (SSSR count). The second kappa shape index (κ2) is 5.33. The number of aromatic nitrogens is 2. The smallest absolute Gasteiger partial charge is 0.228 e. The Labute approximate surface area is 114 Å². The van der Waals surface area contributed by atoms with Gasteiger partial charge < -0.3 is 15.0 Å². The van der Waals surface area contributed by atoms with Crippen molar-refractivity contribution in [3.05, 3.63) is 12.3 Å². The molecule has 1 atom stereocenters. The fourth-order valence-electron chi connectivity index (χ4n) is 3.24. The van der Waals surface area contributed by atoms with Gasteiger partial charge in [-0.15, -0.1) is 0 Å². The number of hydrogen-bond acceptors (Lipinski definition) is 5. The summed E-state index contributed by atoms with van der Waals surface area (Å²) in [6, 6.07) is 1.82. The highest BCUT2D eigenvalue weighted by Gasteiger charge is 2.38. The second-order valence-corrected chi connectivity index (χ2v) is 5.58. The first-order chi connectivity index (χ1) is 9.31. The Morgan fingerprint density at radius 1 is 1.47 bits per heavy atom. The molecule has 2 aliphatic heterocycles. The Kier molecular flexibility index (Phi) is 3.55. The van der Waals surface area contributed by atoms with Crippen LogP contribution in [0.25, 0.3) is 0 Å². The largest absolute Gasteiger partial charge is 0.478 e. The summed E-state index contributed by atoms with van der Waals surface area (Å²) in [6.45, 7) is 7.02. The van der Waals surface area contributed by atoms with Crippen LogP contribution >= 0.6 is 0 Å². The fraction of sp³-hybridized carbons (Fsp3) is 0.714. The first-order valence-electron chi connectivity index (χ1n) is 7.23. The minimum Gasteiger partial charge on any atom is -0.478 e. The van der Waals surface area contributed by atoms with E-state index in [-0.39, 0.29) is 0 Å². The maximum Gasteiger partial charge on any atom is 0.228 e. The van der Waals surface area contributed by atoms with E-state index in [1.165, 1.54) is 19.3 Å². The van der Waals surface area contributed by atoms with Gasteiger partial charge in [0.2, 0.25) is 11.8 Å². The fourth-order valence-corrected chi connectivity index (χ4v) is 3.24. The molecule has 2 saturated heterocycles. The Morgan fingerprint density at radius 2 is 2.42 bits per heavy atom. The van der Waals surface area contributed by atoms with E-state index in [9.17, 15) is 0 Å². The van der Waals surface area contributed by atoms with Crippen molar-refractivity contribution in [1.82, 2.24) is 15.3 Å². The zero-order valence-electron chi connectivity index (χ0n) is 11.6. The van der Waals surface area contributed by atoms with Gasteiger partial charge in [-0.1, -0.05) is 0 Å². The lowest BCUT2D eigenvalue weighted by atomic mass is 9.79. The van der Waals surface area contributed by atoms with Crippen molar-refractivity contribution in [2.24, 2.45) is 5.41 Å². The standard InChI is InChI=1S/C14H22N4O/c1-2-19-12-4-7-16-13(17-12)18-9-3-5-14(11-18)6-8-15-10-14/h4,7,15H,2-3,5-6,8-11H2,1H3/t14-/m1/s1. The Hall–Kier alpha value is -1.36. The molecular formula is C14H22N4O. The van der Waals surface area contributed by atoms with Crippen molar-refractivity contribution in [3.8, 4) is 5.88 Å². The number of hydrogen-bond donors (Lipinski definition) is 1. The minimum atomic E-state index is 0.434. The third-order valence-corrected chi connectivity index (χ3v) is 4.19. The van der Waals surface area contributed by atoms with Crippen LogP contribution in [0.3, 0.4) is 0 Å². The van der Waals surface area contributed by atoms with Gasteiger partial charge in [0.1, 0.15) is 0 Å². The minimum absolute atomic E-state index is 0.434. The number of piperidine rings is 1. The summed E-state index contributed by atoms with van der Waals surface area (Å²) in [7, 11) is 0. The van der Waals surface area contributed by atoms with Crippen molar-refractivity contribution in [1.29, 1.82) is 0 Å². The first kappa shape index (κ1) is 12.7. The topological polar surface area (TPSA) is 50.3 Å². The van der Waals surface area contributed by atoms with Gasteiger partial charge in [0.05, 0.1) is 6.61 Å². The zero-order valence-corrected chi connectivity index (χ0v) is 11.6. The van der Waals surface area contributed by atoms with Gasteiger partial charge in [0.25, 0.3) is 0 Å². The predicted octanol–water partition coefficient (Wildman–Crippen LogP) is 1.46. The Bertz CT molecular complexity index is 431. The quantitative estimate of drug-likeness (QED) is 0.893. The number of rotatable bonds is 3. The molecule has 3 heterocycles. The maximum absolute atomic E-state index is 5.46. The van der Waals surface area contributed by atoms with Gasteiger partial charge in [-0.2, -0.15) is 4.98 Å². The summed E-state index contributed by atoms with van der Waals surface area (Å²) in [5.74, 6) is 1.49. The molecule has 0 amide bonds. The molecule has 0 aliphatic carbocycles. The Morgan fingerprint density at radius 3 is 3.21 bits per heavy atom. The summed E-state index contributed by atoms with van der Waals surface area (Å²) >= 11 is 0. The third-order valence-electron chi connectivity index (χ3n) is 4.19. The zero-order chi connectivity index (χ0) is 13.1. The normalized spacial score (nSPS) is 26.9. The van der Waals surface area contributed by atoms with Crippen molar-refractivity contribution in [2.75, 3.05) is 37.7 Å². The van der Waals surface area contributed by atoms with E-state index in [2.05, 4.69) is 20.2 Å². The molecular weight excluding hydrogens is 240 g/mol. The van der Waals surface area contributed by atoms with Crippen molar-refractivity contribution >= 4 is 5.95 Å². The average Bonchev–Trinajstić information content (AvgIpc) is 2.87. The Balaban J connectivity index is 1.75. The number of nitrogens with one attached hydrogen (secondary N) is 1. The van der Waals surface area contributed by atoms with Crippen molar-refractivity contribution in [2.45, 2.75) is 26.2 Å². The summed E-state index contributed by atoms with van der Waals surface area (Å²) in [5.41, 5.74) is 0.434. The molecule has 1 N–H and O–H groups in total. The van der Waals surface area contributed by atoms with Crippen LogP contribution < -0.4 is 15.0 Å². The summed E-state index contributed by atoms with van der Waals surface area (Å²) < 4.78 is 5.46. The summed E-state index contributed by atoms with van der Waals surface area (Å²) in [4.78, 5) is 11.2. The van der Waals surface area contributed by atoms with Crippen LogP contribution in [0.2, 0.25) is 0 Å². The van der Waals surface area contributed by atoms with Gasteiger partial charge in [-0.25, -0.2) is 4.98 Å². The van der Waals surface area contributed by atoms with E-state index in [4.69, 9.17) is 4.74 Å². The third kappa shape index (κ3) is 2.66. The molecule has 2 fully saturated rings. The van der Waals surface area contributed by atoms with Gasteiger partial charge in [-0.05, 0) is 32.7 Å². The molecule has 19 heavy (non-hydrogen) atoms. The van der Waals surface area contributed by atoms with Crippen LogP contribution in [0.15, 0.2) is 12.3 Å². The van der Waals surface area contributed by atoms with Gasteiger partial charge in [0, 0.05) is 37.3 Å². The highest BCUT2D eigenvalue weighted by atomic mass is 16.5. The van der Waals surface area contributed by atoms with E-state index < -0.39 is 0 Å². The highest BCUT2D eigenvalue weighted by molar-refractivity contribution is 5.33. The monoisotopic (exact) mass is 262 g/mol. The molecule has 0 radical (unpaired) electrons. The molecule has 0 aromatic carbocycles. The van der Waals surface area contributed by atoms with Crippen molar-refractivity contribution < 1.29 is 4.74 Å². The summed E-state index contributed by atoms with van der Waals surface area (Å²) in [5, 5.41) is 3.49. The van der Waals surface area contributed by atoms with E-state index in [0.29, 0.717) is 17.9 Å². The van der Waals surface area contributed by atoms with Gasteiger partial charge in [0.15, 0.2) is 0 Å². The lowest BCUT2D eigenvalue weighted by Crippen LogP contribution is -2.45. The molecule has 1 aromatic rings.